The normalized spacial score (nSPS) is 10.7. The van der Waals surface area contributed by atoms with E-state index in [1.54, 1.807) is 0 Å². The minimum Gasteiger partial charge on any atom is -0.372 e. The first-order valence-corrected chi connectivity index (χ1v) is 10.7. The molecule has 0 saturated carbocycles. The fourth-order valence-electron chi connectivity index (χ4n) is 3.50. The van der Waals surface area contributed by atoms with Crippen LogP contribution in [0.5, 0.6) is 0 Å². The molecular formula is C25H36N2. The van der Waals surface area contributed by atoms with E-state index < -0.39 is 0 Å². The highest BCUT2D eigenvalue weighted by Crippen LogP contribution is 2.26. The van der Waals surface area contributed by atoms with E-state index in [0.717, 1.165) is 24.3 Å². The summed E-state index contributed by atoms with van der Waals surface area (Å²) >= 11 is 0. The maximum Gasteiger partial charge on any atom is 0.0702 e. The fourth-order valence-corrected chi connectivity index (χ4v) is 3.50. The van der Waals surface area contributed by atoms with Crippen molar-refractivity contribution < 1.29 is 0 Å². The van der Waals surface area contributed by atoms with Gasteiger partial charge in [0.25, 0.3) is 0 Å². The average molecular weight is 365 g/mol. The Hall–Kier alpha value is -2.09. The van der Waals surface area contributed by atoms with Gasteiger partial charge in [0.15, 0.2) is 0 Å². The topological polar surface area (TPSA) is 16.1 Å². The Balaban J connectivity index is 2.08. The monoisotopic (exact) mass is 364 g/mol. The van der Waals surface area contributed by atoms with E-state index in [9.17, 15) is 0 Å². The molecule has 0 aliphatic heterocycles. The zero-order valence-electron chi connectivity index (χ0n) is 17.3. The van der Waals surface area contributed by atoms with E-state index in [1.807, 2.05) is 18.3 Å². The lowest BCUT2D eigenvalue weighted by Gasteiger charge is -2.25. The Bertz CT molecular complexity index is 648. The van der Waals surface area contributed by atoms with Gasteiger partial charge in [-0.05, 0) is 42.7 Å². The van der Waals surface area contributed by atoms with Gasteiger partial charge in [-0.3, -0.25) is 4.98 Å². The highest BCUT2D eigenvalue weighted by Gasteiger charge is 2.08. The third-order valence-electron chi connectivity index (χ3n) is 5.14. The van der Waals surface area contributed by atoms with Crippen molar-refractivity contribution in [1.82, 2.24) is 4.98 Å². The van der Waals surface area contributed by atoms with Gasteiger partial charge in [-0.15, -0.1) is 0 Å². The third kappa shape index (κ3) is 6.86. The largest absolute Gasteiger partial charge is 0.372 e. The second kappa shape index (κ2) is 12.3. The smallest absolute Gasteiger partial charge is 0.0702 e. The molecule has 0 unspecified atom stereocenters. The predicted octanol–water partition coefficient (Wildman–Crippen LogP) is 7.36. The average Bonchev–Trinajstić information content (AvgIpc) is 2.73. The van der Waals surface area contributed by atoms with Crippen LogP contribution in [0.3, 0.4) is 0 Å². The Morgan fingerprint density at radius 3 is 2.04 bits per heavy atom. The maximum atomic E-state index is 4.42. The number of benzene rings is 1. The number of nitrogens with zero attached hydrogens (tertiary/aromatic N) is 2. The predicted molar refractivity (Wildman–Crippen MR) is 120 cm³/mol. The summed E-state index contributed by atoms with van der Waals surface area (Å²) in [5, 5.41) is 0. The highest BCUT2D eigenvalue weighted by atomic mass is 15.1. The van der Waals surface area contributed by atoms with Gasteiger partial charge in [0.2, 0.25) is 0 Å². The second-order valence-electron chi connectivity index (χ2n) is 7.30. The van der Waals surface area contributed by atoms with Crippen molar-refractivity contribution in [2.45, 2.75) is 65.2 Å². The molecule has 0 aliphatic rings. The van der Waals surface area contributed by atoms with E-state index >= 15 is 0 Å². The van der Waals surface area contributed by atoms with Crippen molar-refractivity contribution in [3.8, 4) is 11.1 Å². The van der Waals surface area contributed by atoms with Gasteiger partial charge in [-0.25, -0.2) is 0 Å². The second-order valence-corrected chi connectivity index (χ2v) is 7.30. The Kier molecular flexibility index (Phi) is 9.68. The number of anilines is 1. The van der Waals surface area contributed by atoms with Crippen LogP contribution >= 0.6 is 0 Å². The Morgan fingerprint density at radius 2 is 1.48 bits per heavy atom. The standard InChI is InChI=1S/C25H36N2/c1-4-7-9-11-20-27(21-12-10-8-5-2)23-17-15-22(16-18-23)24-14-13-19-26-25(24)6-3/h6,13-19H,3-5,7-12,20-21H2,1-2H3. The number of hydrogen-bond acceptors (Lipinski definition) is 2. The number of hydrogen-bond donors (Lipinski definition) is 0. The highest BCUT2D eigenvalue weighted by molar-refractivity contribution is 5.73. The molecule has 27 heavy (non-hydrogen) atoms. The molecule has 0 saturated heterocycles. The van der Waals surface area contributed by atoms with Crippen molar-refractivity contribution in [3.05, 3.63) is 54.9 Å². The van der Waals surface area contributed by atoms with Crippen LogP contribution in [0, 0.1) is 0 Å². The molecule has 0 N–H and O–H groups in total. The maximum absolute atomic E-state index is 4.42. The van der Waals surface area contributed by atoms with Crippen molar-refractivity contribution >= 4 is 11.8 Å². The molecule has 2 heteroatoms. The van der Waals surface area contributed by atoms with Gasteiger partial charge in [0.1, 0.15) is 0 Å². The first kappa shape index (κ1) is 21.2. The molecule has 1 heterocycles. The van der Waals surface area contributed by atoms with Crippen LogP contribution in [-0.2, 0) is 0 Å². The quantitative estimate of drug-likeness (QED) is 0.345. The summed E-state index contributed by atoms with van der Waals surface area (Å²) < 4.78 is 0. The zero-order chi connectivity index (χ0) is 19.3. The van der Waals surface area contributed by atoms with Gasteiger partial charge < -0.3 is 4.90 Å². The summed E-state index contributed by atoms with van der Waals surface area (Å²) in [5.74, 6) is 0. The molecule has 146 valence electrons. The fraction of sp³-hybridized carbons (Fsp3) is 0.480. The molecule has 0 aliphatic carbocycles. The van der Waals surface area contributed by atoms with Crippen LogP contribution < -0.4 is 4.90 Å². The van der Waals surface area contributed by atoms with Gasteiger partial charge in [0, 0.05) is 30.5 Å². The van der Waals surface area contributed by atoms with Crippen LogP contribution in [0.15, 0.2) is 49.2 Å². The lowest BCUT2D eigenvalue weighted by atomic mass is 10.0. The number of unbranched alkanes of at least 4 members (excludes halogenated alkanes) is 6. The number of pyridine rings is 1. The van der Waals surface area contributed by atoms with Crippen LogP contribution in [0.25, 0.3) is 17.2 Å². The molecule has 0 bridgehead atoms. The summed E-state index contributed by atoms with van der Waals surface area (Å²) in [6.07, 6.45) is 14.2. The van der Waals surface area contributed by atoms with E-state index in [4.69, 9.17) is 0 Å². The van der Waals surface area contributed by atoms with Crippen LogP contribution in [0.2, 0.25) is 0 Å². The Labute approximate surface area is 166 Å². The molecule has 0 amide bonds. The van der Waals surface area contributed by atoms with E-state index in [2.05, 4.69) is 60.6 Å². The molecule has 1 aromatic carbocycles. The van der Waals surface area contributed by atoms with Gasteiger partial charge in [-0.1, -0.05) is 77.2 Å². The first-order valence-electron chi connectivity index (χ1n) is 10.7. The van der Waals surface area contributed by atoms with Crippen LogP contribution in [-0.4, -0.2) is 18.1 Å². The van der Waals surface area contributed by atoms with Gasteiger partial charge >= 0.3 is 0 Å². The van der Waals surface area contributed by atoms with Crippen LogP contribution in [0.4, 0.5) is 5.69 Å². The summed E-state index contributed by atoms with van der Waals surface area (Å²) in [6.45, 7) is 10.8. The van der Waals surface area contributed by atoms with Crippen LogP contribution in [0.1, 0.15) is 70.9 Å². The molecule has 2 aromatic rings. The zero-order valence-corrected chi connectivity index (χ0v) is 17.3. The van der Waals surface area contributed by atoms with Crippen molar-refractivity contribution in [2.24, 2.45) is 0 Å². The third-order valence-corrected chi connectivity index (χ3v) is 5.14. The lowest BCUT2D eigenvalue weighted by molar-refractivity contribution is 0.609. The molecule has 2 rings (SSSR count). The molecule has 0 fully saturated rings. The Morgan fingerprint density at radius 1 is 0.852 bits per heavy atom. The van der Waals surface area contributed by atoms with Gasteiger partial charge in [-0.2, -0.15) is 0 Å². The van der Waals surface area contributed by atoms with Crippen molar-refractivity contribution in [1.29, 1.82) is 0 Å². The molecule has 0 atom stereocenters. The summed E-state index contributed by atoms with van der Waals surface area (Å²) in [7, 11) is 0. The molecule has 1 aromatic heterocycles. The molecule has 0 spiro atoms. The van der Waals surface area contributed by atoms with E-state index in [1.165, 1.54) is 62.6 Å². The number of aromatic nitrogens is 1. The first-order chi connectivity index (χ1) is 13.3. The lowest BCUT2D eigenvalue weighted by Crippen LogP contribution is -2.25. The minimum absolute atomic E-state index is 0.946. The summed E-state index contributed by atoms with van der Waals surface area (Å²) in [4.78, 5) is 6.99. The van der Waals surface area contributed by atoms with Gasteiger partial charge in [0.05, 0.1) is 5.69 Å². The molecular weight excluding hydrogens is 328 g/mol. The summed E-state index contributed by atoms with van der Waals surface area (Å²) in [5.41, 5.74) is 4.65. The van der Waals surface area contributed by atoms with Crippen molar-refractivity contribution in [2.75, 3.05) is 18.0 Å². The number of rotatable bonds is 13. The summed E-state index contributed by atoms with van der Waals surface area (Å²) in [6, 6.07) is 13.1. The van der Waals surface area contributed by atoms with E-state index in [0.29, 0.717) is 0 Å². The van der Waals surface area contributed by atoms with Crippen molar-refractivity contribution in [3.63, 3.8) is 0 Å². The molecule has 0 radical (unpaired) electrons. The van der Waals surface area contributed by atoms with E-state index in [-0.39, 0.29) is 0 Å². The molecule has 2 nitrogen and oxygen atoms in total. The SMILES string of the molecule is C=Cc1ncccc1-c1ccc(N(CCCCCC)CCCCCC)cc1. The minimum atomic E-state index is 0.946.